The molecule has 9 nitrogen and oxygen atoms in total. The number of fused-ring (bicyclic) bond motifs is 1. The van der Waals surface area contributed by atoms with Crippen LogP contribution in [0.3, 0.4) is 0 Å². The SMILES string of the molecule is COC(=O)c1c(NC(=O)Cn2nc([N+](=O)[O-])c(Br)c2C)sc2c1CCCCCC2. The lowest BCUT2D eigenvalue weighted by atomic mass is 9.96. The van der Waals surface area contributed by atoms with E-state index in [0.717, 1.165) is 49.0 Å². The molecule has 0 atom stereocenters. The van der Waals surface area contributed by atoms with Crippen LogP contribution in [0.15, 0.2) is 4.47 Å². The maximum absolute atomic E-state index is 12.6. The summed E-state index contributed by atoms with van der Waals surface area (Å²) in [6, 6.07) is 0. The largest absolute Gasteiger partial charge is 0.465 e. The van der Waals surface area contributed by atoms with Crippen LogP contribution >= 0.6 is 27.3 Å². The van der Waals surface area contributed by atoms with Gasteiger partial charge in [0.1, 0.15) is 16.0 Å². The van der Waals surface area contributed by atoms with E-state index in [-0.39, 0.29) is 16.8 Å². The Morgan fingerprint density at radius 3 is 2.62 bits per heavy atom. The van der Waals surface area contributed by atoms with Gasteiger partial charge >= 0.3 is 11.8 Å². The monoisotopic (exact) mass is 484 g/mol. The average Bonchev–Trinajstić information content (AvgIpc) is 3.12. The molecule has 0 bridgehead atoms. The van der Waals surface area contributed by atoms with Crippen molar-refractivity contribution in [2.45, 2.75) is 52.0 Å². The van der Waals surface area contributed by atoms with E-state index < -0.39 is 16.8 Å². The van der Waals surface area contributed by atoms with Crippen LogP contribution in [0.4, 0.5) is 10.8 Å². The van der Waals surface area contributed by atoms with Gasteiger partial charge in [0.05, 0.1) is 23.5 Å². The van der Waals surface area contributed by atoms with Crippen molar-refractivity contribution in [3.63, 3.8) is 0 Å². The fourth-order valence-electron chi connectivity index (χ4n) is 3.41. The van der Waals surface area contributed by atoms with Gasteiger partial charge in [-0.1, -0.05) is 12.8 Å². The van der Waals surface area contributed by atoms with Gasteiger partial charge in [0, 0.05) is 4.88 Å². The van der Waals surface area contributed by atoms with Crippen molar-refractivity contribution in [3.05, 3.63) is 36.3 Å². The minimum atomic E-state index is -0.611. The van der Waals surface area contributed by atoms with E-state index in [9.17, 15) is 19.7 Å². The summed E-state index contributed by atoms with van der Waals surface area (Å²) in [5, 5.41) is 18.2. The Morgan fingerprint density at radius 2 is 2.00 bits per heavy atom. The number of carbonyl (C=O) groups is 2. The summed E-state index contributed by atoms with van der Waals surface area (Å²) in [5.74, 6) is -1.23. The molecule has 1 aliphatic carbocycles. The number of aromatic nitrogens is 2. The number of hydrogen-bond acceptors (Lipinski definition) is 7. The molecule has 156 valence electrons. The third-order valence-electron chi connectivity index (χ3n) is 4.90. The Hall–Kier alpha value is -2.27. The third-order valence-corrected chi connectivity index (χ3v) is 7.03. The van der Waals surface area contributed by atoms with E-state index in [4.69, 9.17) is 4.74 Å². The Morgan fingerprint density at radius 1 is 1.31 bits per heavy atom. The molecule has 0 aliphatic heterocycles. The lowest BCUT2D eigenvalue weighted by Gasteiger charge is -2.11. The first-order valence-corrected chi connectivity index (χ1v) is 10.8. The first-order chi connectivity index (χ1) is 13.8. The predicted molar refractivity (Wildman–Crippen MR) is 111 cm³/mol. The first-order valence-electron chi connectivity index (χ1n) is 9.23. The van der Waals surface area contributed by atoms with Gasteiger partial charge < -0.3 is 20.2 Å². The summed E-state index contributed by atoms with van der Waals surface area (Å²) in [7, 11) is 1.32. The summed E-state index contributed by atoms with van der Waals surface area (Å²) >= 11 is 4.54. The van der Waals surface area contributed by atoms with Crippen molar-refractivity contribution in [3.8, 4) is 0 Å². The van der Waals surface area contributed by atoms with Crippen LogP contribution in [-0.2, 0) is 28.9 Å². The second-order valence-corrected chi connectivity index (χ2v) is 8.70. The molecule has 0 radical (unpaired) electrons. The summed E-state index contributed by atoms with van der Waals surface area (Å²) in [5.41, 5.74) is 1.86. The highest BCUT2D eigenvalue weighted by atomic mass is 79.9. The maximum Gasteiger partial charge on any atom is 0.404 e. The van der Waals surface area contributed by atoms with Crippen molar-refractivity contribution >= 4 is 50.0 Å². The van der Waals surface area contributed by atoms with Gasteiger partial charge in [-0.15, -0.1) is 11.3 Å². The van der Waals surface area contributed by atoms with Crippen LogP contribution in [-0.4, -0.2) is 33.7 Å². The molecule has 3 rings (SSSR count). The number of anilines is 1. The van der Waals surface area contributed by atoms with Crippen LogP contribution < -0.4 is 5.32 Å². The van der Waals surface area contributed by atoms with Crippen LogP contribution in [0.25, 0.3) is 0 Å². The molecule has 0 fully saturated rings. The summed E-state index contributed by atoms with van der Waals surface area (Å²) in [6.45, 7) is 1.43. The molecule has 0 spiro atoms. The second kappa shape index (κ2) is 9.04. The summed E-state index contributed by atoms with van der Waals surface area (Å²) in [6.07, 6.45) is 5.96. The van der Waals surface area contributed by atoms with Crippen LogP contribution in [0.1, 0.15) is 52.2 Å². The average molecular weight is 485 g/mol. The molecule has 0 saturated carbocycles. The zero-order valence-corrected chi connectivity index (χ0v) is 18.5. The number of rotatable bonds is 5. The van der Waals surface area contributed by atoms with E-state index >= 15 is 0 Å². The number of ether oxygens (including phenoxy) is 1. The normalized spacial score (nSPS) is 13.9. The van der Waals surface area contributed by atoms with Gasteiger partial charge in [-0.25, -0.2) is 4.79 Å². The van der Waals surface area contributed by atoms with Gasteiger partial charge in [0.25, 0.3) is 0 Å². The maximum atomic E-state index is 12.6. The fourth-order valence-corrected chi connectivity index (χ4v) is 5.13. The van der Waals surface area contributed by atoms with Crippen LogP contribution in [0.2, 0.25) is 0 Å². The van der Waals surface area contributed by atoms with Crippen molar-refractivity contribution in [2.75, 3.05) is 12.4 Å². The highest BCUT2D eigenvalue weighted by molar-refractivity contribution is 9.10. The molecular formula is C18H21BrN4O5S. The first kappa shape index (κ1) is 21.4. The molecule has 0 aromatic carbocycles. The minimum absolute atomic E-state index is 0.207. The number of nitrogens with zero attached hydrogens (tertiary/aromatic N) is 3. The number of halogens is 1. The highest BCUT2D eigenvalue weighted by Gasteiger charge is 2.28. The number of hydrogen-bond donors (Lipinski definition) is 1. The molecule has 2 aromatic rings. The minimum Gasteiger partial charge on any atom is -0.465 e. The van der Waals surface area contributed by atoms with Gasteiger partial charge in [0.15, 0.2) is 0 Å². The molecule has 1 amide bonds. The Balaban J connectivity index is 1.87. The molecule has 1 N–H and O–H groups in total. The summed E-state index contributed by atoms with van der Waals surface area (Å²) < 4.78 is 6.46. The van der Waals surface area contributed by atoms with E-state index in [2.05, 4.69) is 26.3 Å². The van der Waals surface area contributed by atoms with Gasteiger partial charge in [-0.3, -0.25) is 4.79 Å². The van der Waals surface area contributed by atoms with Crippen molar-refractivity contribution in [1.29, 1.82) is 0 Å². The summed E-state index contributed by atoms with van der Waals surface area (Å²) in [4.78, 5) is 36.6. The number of aryl methyl sites for hydroxylation is 1. The van der Waals surface area contributed by atoms with Gasteiger partial charge in [0.2, 0.25) is 5.91 Å². The molecule has 2 heterocycles. The number of carbonyl (C=O) groups excluding carboxylic acids is 2. The van der Waals surface area contributed by atoms with Gasteiger partial charge in [-0.05, 0) is 59.0 Å². The zero-order valence-electron chi connectivity index (χ0n) is 16.1. The molecule has 0 unspecified atom stereocenters. The fraction of sp³-hybridized carbons (Fsp3) is 0.500. The number of nitrogens with one attached hydrogen (secondary N) is 1. The molecule has 1 aliphatic rings. The van der Waals surface area contributed by atoms with Crippen LogP contribution in [0.5, 0.6) is 0 Å². The van der Waals surface area contributed by atoms with Crippen LogP contribution in [0, 0.1) is 17.0 Å². The van der Waals surface area contributed by atoms with E-state index in [0.29, 0.717) is 16.3 Å². The van der Waals surface area contributed by atoms with Gasteiger partial charge in [-0.2, -0.15) is 4.68 Å². The Labute approximate surface area is 179 Å². The predicted octanol–water partition coefficient (Wildman–Crippen LogP) is 4.01. The molecular weight excluding hydrogens is 464 g/mol. The zero-order chi connectivity index (χ0) is 21.1. The number of esters is 1. The molecule has 11 heteroatoms. The Bertz CT molecular complexity index is 968. The number of amides is 1. The standard InChI is InChI=1S/C18H21BrN4O5S/c1-10-15(19)16(23(26)27)21-22(10)9-13(24)20-17-14(18(25)28-2)11-7-5-3-4-6-8-12(11)29-17/h3-9H2,1-2H3,(H,20,24). The van der Waals surface area contributed by atoms with Crippen molar-refractivity contribution in [2.24, 2.45) is 0 Å². The van der Waals surface area contributed by atoms with E-state index in [1.54, 1.807) is 6.92 Å². The third kappa shape index (κ3) is 4.50. The molecule has 2 aromatic heterocycles. The van der Waals surface area contributed by atoms with Crippen molar-refractivity contribution in [1.82, 2.24) is 9.78 Å². The lowest BCUT2D eigenvalue weighted by Crippen LogP contribution is -2.21. The smallest absolute Gasteiger partial charge is 0.404 e. The van der Waals surface area contributed by atoms with Crippen molar-refractivity contribution < 1.29 is 19.2 Å². The lowest BCUT2D eigenvalue weighted by molar-refractivity contribution is -0.390. The Kier molecular flexibility index (Phi) is 6.68. The second-order valence-electron chi connectivity index (χ2n) is 6.80. The quantitative estimate of drug-likeness (QED) is 0.389. The number of methoxy groups -OCH3 is 1. The van der Waals surface area contributed by atoms with E-state index in [1.807, 2.05) is 0 Å². The van der Waals surface area contributed by atoms with E-state index in [1.165, 1.54) is 23.1 Å². The molecule has 29 heavy (non-hydrogen) atoms. The number of nitro groups is 1. The highest BCUT2D eigenvalue weighted by Crippen LogP contribution is 2.37. The topological polar surface area (TPSA) is 116 Å². The number of thiophene rings is 1. The molecule has 0 saturated heterocycles.